The largest absolute Gasteiger partial charge is 0.486 e. The Kier molecular flexibility index (Phi) is 18.3. The van der Waals surface area contributed by atoms with Crippen molar-refractivity contribution in [3.63, 3.8) is 0 Å². The Morgan fingerprint density at radius 1 is 0.484 bits per heavy atom. The highest BCUT2D eigenvalue weighted by Gasteiger charge is 2.13. The third kappa shape index (κ3) is 15.3. The van der Waals surface area contributed by atoms with Crippen LogP contribution in [0, 0.1) is 0 Å². The maximum Gasteiger partial charge on any atom is 0.335 e. The molecule has 0 bridgehead atoms. The summed E-state index contributed by atoms with van der Waals surface area (Å²) in [5.41, 5.74) is 8.47. The van der Waals surface area contributed by atoms with Gasteiger partial charge in [-0.15, -0.1) is 0 Å². The van der Waals surface area contributed by atoms with Gasteiger partial charge in [0.1, 0.15) is 71.4 Å². The predicted octanol–water partition coefficient (Wildman–Crippen LogP) is 13.8. The SMILES string of the molecule is C=C(C)C(=C)Oc1ccc(-c2ccc(-c3ccc(OC(C)C(=C)C)cc3)c(OC(=C)C(=C)C)c2)cc1.C=CC(=O)O/C=C\Oc1ccc(-c2ccc(O/C=C\OC(=O)C=C)cc2)cc1. The zero-order valence-electron chi connectivity index (χ0n) is 36.6. The molecule has 0 aliphatic rings. The summed E-state index contributed by atoms with van der Waals surface area (Å²) in [6, 6.07) is 36.6. The van der Waals surface area contributed by atoms with Gasteiger partial charge in [0.15, 0.2) is 0 Å². The van der Waals surface area contributed by atoms with Gasteiger partial charge in [-0.05, 0) is 127 Å². The molecule has 0 radical (unpaired) electrons. The first-order valence-electron chi connectivity index (χ1n) is 19.9. The summed E-state index contributed by atoms with van der Waals surface area (Å²) in [5.74, 6) is 3.32. The highest BCUT2D eigenvalue weighted by atomic mass is 16.5. The number of hydrogen-bond donors (Lipinski definition) is 0. The minimum atomic E-state index is -0.559. The molecule has 5 rings (SSSR count). The van der Waals surface area contributed by atoms with E-state index >= 15 is 0 Å². The Labute approximate surface area is 376 Å². The molecule has 0 fully saturated rings. The van der Waals surface area contributed by atoms with Gasteiger partial charge in [0.25, 0.3) is 0 Å². The number of hydrogen-bond acceptors (Lipinski definition) is 9. The first-order valence-corrected chi connectivity index (χ1v) is 19.9. The third-order valence-corrected chi connectivity index (χ3v) is 9.03. The fourth-order valence-electron chi connectivity index (χ4n) is 5.16. The first-order chi connectivity index (χ1) is 30.7. The van der Waals surface area contributed by atoms with Crippen molar-refractivity contribution in [1.29, 1.82) is 0 Å². The monoisotopic (exact) mass is 856 g/mol. The normalized spacial score (nSPS) is 10.9. The molecule has 0 heterocycles. The van der Waals surface area contributed by atoms with Gasteiger partial charge in [-0.25, -0.2) is 9.59 Å². The lowest BCUT2D eigenvalue weighted by atomic mass is 9.99. The van der Waals surface area contributed by atoms with Crippen LogP contribution in [-0.2, 0) is 19.1 Å². The van der Waals surface area contributed by atoms with E-state index in [1.165, 1.54) is 12.5 Å². The van der Waals surface area contributed by atoms with Crippen LogP contribution in [0.5, 0.6) is 28.7 Å². The van der Waals surface area contributed by atoms with E-state index in [0.29, 0.717) is 34.5 Å². The van der Waals surface area contributed by atoms with Crippen LogP contribution in [-0.4, -0.2) is 18.0 Å². The van der Waals surface area contributed by atoms with Crippen LogP contribution in [0.1, 0.15) is 27.7 Å². The highest BCUT2D eigenvalue weighted by Crippen LogP contribution is 2.37. The van der Waals surface area contributed by atoms with Gasteiger partial charge in [0, 0.05) is 17.7 Å². The Morgan fingerprint density at radius 2 is 0.875 bits per heavy atom. The minimum absolute atomic E-state index is 0.0523. The number of carbonyl (C=O) groups is 2. The summed E-state index contributed by atoms with van der Waals surface area (Å²) in [5, 5.41) is 0. The van der Waals surface area contributed by atoms with Gasteiger partial charge in [0.2, 0.25) is 0 Å². The fraction of sp³-hybridized carbons (Fsp3) is 0.0909. The van der Waals surface area contributed by atoms with Crippen molar-refractivity contribution in [2.45, 2.75) is 33.8 Å². The zero-order chi connectivity index (χ0) is 46.6. The molecular formula is C55H52O9. The van der Waals surface area contributed by atoms with Gasteiger partial charge in [-0.2, -0.15) is 0 Å². The molecule has 0 N–H and O–H groups in total. The lowest BCUT2D eigenvalue weighted by Crippen LogP contribution is -2.12. The number of carbonyl (C=O) groups excluding carboxylic acids is 2. The number of ether oxygens (including phenoxy) is 7. The van der Waals surface area contributed by atoms with Crippen molar-refractivity contribution in [2.75, 3.05) is 0 Å². The summed E-state index contributed by atoms with van der Waals surface area (Å²) < 4.78 is 37.8. The highest BCUT2D eigenvalue weighted by molar-refractivity contribution is 5.82. The molecule has 0 aliphatic carbocycles. The van der Waals surface area contributed by atoms with E-state index in [9.17, 15) is 9.59 Å². The number of benzene rings is 5. The first kappa shape index (κ1) is 48.4. The van der Waals surface area contributed by atoms with Crippen LogP contribution in [0.2, 0.25) is 0 Å². The summed E-state index contributed by atoms with van der Waals surface area (Å²) in [6.45, 7) is 33.9. The van der Waals surface area contributed by atoms with E-state index in [0.717, 1.165) is 80.5 Å². The van der Waals surface area contributed by atoms with Gasteiger partial charge in [0.05, 0.1) is 0 Å². The van der Waals surface area contributed by atoms with Crippen LogP contribution in [0.25, 0.3) is 33.4 Å². The fourth-order valence-corrected chi connectivity index (χ4v) is 5.16. The quantitative estimate of drug-likeness (QED) is 0.0249. The molecule has 0 saturated carbocycles. The molecule has 9 heteroatoms. The maximum atomic E-state index is 10.9. The molecule has 9 nitrogen and oxygen atoms in total. The topological polar surface area (TPSA) is 98.8 Å². The molecule has 5 aromatic carbocycles. The molecule has 64 heavy (non-hydrogen) atoms. The van der Waals surface area contributed by atoms with Crippen molar-refractivity contribution in [1.82, 2.24) is 0 Å². The van der Waals surface area contributed by atoms with Crippen LogP contribution in [0.3, 0.4) is 0 Å². The Bertz CT molecular complexity index is 2460. The van der Waals surface area contributed by atoms with E-state index in [2.05, 4.69) is 67.7 Å². The number of esters is 2. The average molecular weight is 857 g/mol. The summed E-state index contributed by atoms with van der Waals surface area (Å²) in [6.07, 6.45) is 6.88. The second-order valence-corrected chi connectivity index (χ2v) is 14.1. The molecule has 0 saturated heterocycles. The molecule has 1 unspecified atom stereocenters. The minimum Gasteiger partial charge on any atom is -0.486 e. The summed E-state index contributed by atoms with van der Waals surface area (Å²) >= 11 is 0. The lowest BCUT2D eigenvalue weighted by Gasteiger charge is -2.17. The zero-order valence-corrected chi connectivity index (χ0v) is 36.6. The van der Waals surface area contributed by atoms with E-state index in [1.807, 2.05) is 107 Å². The van der Waals surface area contributed by atoms with Crippen molar-refractivity contribution in [3.8, 4) is 62.1 Å². The molecule has 0 spiro atoms. The van der Waals surface area contributed by atoms with Crippen LogP contribution in [0.4, 0.5) is 0 Å². The van der Waals surface area contributed by atoms with Crippen LogP contribution in [0.15, 0.2) is 227 Å². The van der Waals surface area contributed by atoms with E-state index in [-0.39, 0.29) is 6.10 Å². The van der Waals surface area contributed by atoms with Crippen molar-refractivity contribution in [3.05, 3.63) is 227 Å². The number of rotatable bonds is 20. The Morgan fingerprint density at radius 3 is 1.31 bits per heavy atom. The molecule has 0 amide bonds. The standard InChI is InChI=1S/C33H34O3.C22H18O6/c1-21(2)24(7)34-30-15-10-27(11-16-30)29-14-19-32(33(20-29)36-26(9)23(5)6)28-12-17-31(18-13-28)35-25(8)22(3)4;1-3-21(23)27-15-13-25-19-9-5-17(6-10-19)18-7-11-20(12-8-18)26-14-16-28-22(24)4-2/h10-20,25H,1,3,5,7,9H2,2,4,6,8H3;3-16H,1-2H2/b;15-13-,16-14-. The number of allylic oxidation sites excluding steroid dienone is 2. The van der Waals surface area contributed by atoms with Crippen molar-refractivity contribution >= 4 is 11.9 Å². The third-order valence-electron chi connectivity index (χ3n) is 9.03. The molecule has 0 aromatic heterocycles. The summed E-state index contributed by atoms with van der Waals surface area (Å²) in [7, 11) is 0. The van der Waals surface area contributed by atoms with Crippen molar-refractivity contribution in [2.24, 2.45) is 0 Å². The lowest BCUT2D eigenvalue weighted by molar-refractivity contribution is -0.133. The van der Waals surface area contributed by atoms with Gasteiger partial charge in [-0.1, -0.05) is 107 Å². The molecule has 1 atom stereocenters. The average Bonchev–Trinajstić information content (AvgIpc) is 3.30. The molecular weight excluding hydrogens is 805 g/mol. The van der Waals surface area contributed by atoms with Crippen LogP contribution >= 0.6 is 0 Å². The Hall–Kier alpha value is -8.30. The predicted molar refractivity (Wildman–Crippen MR) is 255 cm³/mol. The Balaban J connectivity index is 0.000000290. The van der Waals surface area contributed by atoms with E-state index in [4.69, 9.17) is 23.7 Å². The molecule has 5 aromatic rings. The molecule has 326 valence electrons. The van der Waals surface area contributed by atoms with Gasteiger partial charge in [-0.3, -0.25) is 0 Å². The van der Waals surface area contributed by atoms with Crippen LogP contribution < -0.4 is 23.7 Å². The van der Waals surface area contributed by atoms with Gasteiger partial charge >= 0.3 is 11.9 Å². The van der Waals surface area contributed by atoms with E-state index < -0.39 is 11.9 Å². The summed E-state index contributed by atoms with van der Waals surface area (Å²) in [4.78, 5) is 21.8. The van der Waals surface area contributed by atoms with Gasteiger partial charge < -0.3 is 33.2 Å². The maximum absolute atomic E-state index is 10.9. The molecule has 0 aliphatic heterocycles. The second-order valence-electron chi connectivity index (χ2n) is 14.1. The second kappa shape index (κ2) is 24.2. The van der Waals surface area contributed by atoms with Crippen molar-refractivity contribution < 1.29 is 42.7 Å². The van der Waals surface area contributed by atoms with E-state index in [1.54, 1.807) is 24.3 Å². The smallest absolute Gasteiger partial charge is 0.335 e.